The number of aromatic amines is 1. The van der Waals surface area contributed by atoms with Crippen molar-refractivity contribution in [1.82, 2.24) is 9.97 Å². The van der Waals surface area contributed by atoms with Crippen LogP contribution >= 0.6 is 0 Å². The van der Waals surface area contributed by atoms with Gasteiger partial charge in [-0.2, -0.15) is 0 Å². The summed E-state index contributed by atoms with van der Waals surface area (Å²) >= 11 is 0. The van der Waals surface area contributed by atoms with E-state index in [1.807, 2.05) is 18.3 Å². The molecule has 0 amide bonds. The van der Waals surface area contributed by atoms with Gasteiger partial charge in [-0.1, -0.05) is 39.8 Å². The van der Waals surface area contributed by atoms with Gasteiger partial charge in [0.1, 0.15) is 5.82 Å². The van der Waals surface area contributed by atoms with Gasteiger partial charge in [0.15, 0.2) is 0 Å². The number of benzene rings is 1. The molecule has 27 heavy (non-hydrogen) atoms. The fraction of sp³-hybridized carbons (Fsp3) is 0.348. The van der Waals surface area contributed by atoms with Crippen LogP contribution < -0.4 is 0 Å². The van der Waals surface area contributed by atoms with E-state index >= 15 is 0 Å². The van der Waals surface area contributed by atoms with Crippen LogP contribution in [0.4, 0.5) is 4.39 Å². The molecular formula is C23H27FN2O. The molecule has 0 fully saturated rings. The normalized spacial score (nSPS) is 11.6. The summed E-state index contributed by atoms with van der Waals surface area (Å²) in [7, 11) is 0. The molecule has 3 aromatic rings. The second kappa shape index (κ2) is 8.05. The maximum atomic E-state index is 13.5. The number of hydrogen-bond donors (Lipinski definition) is 2. The molecule has 2 N–H and O–H groups in total. The van der Waals surface area contributed by atoms with Crippen molar-refractivity contribution in [2.24, 2.45) is 0 Å². The fourth-order valence-corrected chi connectivity index (χ4v) is 3.63. The Hall–Kier alpha value is -2.46. The zero-order valence-corrected chi connectivity index (χ0v) is 16.4. The second-order valence-corrected chi connectivity index (χ2v) is 7.56. The maximum absolute atomic E-state index is 13.5. The van der Waals surface area contributed by atoms with Gasteiger partial charge in [-0.25, -0.2) is 4.39 Å². The molecule has 0 spiro atoms. The molecule has 0 aliphatic carbocycles. The molecule has 1 aromatic carbocycles. The number of aromatic nitrogens is 2. The van der Waals surface area contributed by atoms with Crippen LogP contribution in [-0.2, 0) is 13.0 Å². The van der Waals surface area contributed by atoms with Gasteiger partial charge in [-0.15, -0.1) is 0 Å². The lowest BCUT2D eigenvalue weighted by molar-refractivity contribution is 0.279. The third-order valence-electron chi connectivity index (χ3n) is 4.88. The summed E-state index contributed by atoms with van der Waals surface area (Å²) in [6, 6.07) is 10.5. The smallest absolute Gasteiger partial charge is 0.123 e. The Morgan fingerprint density at radius 3 is 2.11 bits per heavy atom. The summed E-state index contributed by atoms with van der Waals surface area (Å²) in [6.45, 7) is 8.36. The lowest BCUT2D eigenvalue weighted by Crippen LogP contribution is -2.13. The van der Waals surface area contributed by atoms with Crippen molar-refractivity contribution in [2.75, 3.05) is 0 Å². The van der Waals surface area contributed by atoms with E-state index in [2.05, 4.69) is 32.7 Å². The highest BCUT2D eigenvalue weighted by Gasteiger charge is 2.23. The van der Waals surface area contributed by atoms with Gasteiger partial charge in [0.05, 0.1) is 6.61 Å². The lowest BCUT2D eigenvalue weighted by Gasteiger charge is -2.24. The number of halogens is 1. The van der Waals surface area contributed by atoms with Crippen molar-refractivity contribution in [1.29, 1.82) is 0 Å². The number of nitrogens with one attached hydrogen (secondary N) is 1. The molecular weight excluding hydrogens is 339 g/mol. The first-order valence-corrected chi connectivity index (χ1v) is 9.47. The number of pyridine rings is 1. The maximum Gasteiger partial charge on any atom is 0.123 e. The summed E-state index contributed by atoms with van der Waals surface area (Å²) in [5.74, 6) is 0.153. The van der Waals surface area contributed by atoms with Crippen molar-refractivity contribution in [3.63, 3.8) is 0 Å². The number of nitrogens with zero attached hydrogens (tertiary/aromatic N) is 1. The van der Waals surface area contributed by atoms with Gasteiger partial charge in [-0.3, -0.25) is 4.98 Å². The summed E-state index contributed by atoms with van der Waals surface area (Å²) in [5.41, 5.74) is 6.85. The number of rotatable bonds is 6. The van der Waals surface area contributed by atoms with Crippen LogP contribution in [-0.4, -0.2) is 15.1 Å². The molecule has 142 valence electrons. The van der Waals surface area contributed by atoms with E-state index < -0.39 is 0 Å². The number of aliphatic hydroxyl groups is 1. The van der Waals surface area contributed by atoms with Gasteiger partial charge in [0.25, 0.3) is 0 Å². The Morgan fingerprint density at radius 1 is 0.963 bits per heavy atom. The minimum absolute atomic E-state index is 0.0939. The molecule has 0 bridgehead atoms. The number of H-pyrrole nitrogens is 1. The van der Waals surface area contributed by atoms with Crippen molar-refractivity contribution in [2.45, 2.75) is 52.6 Å². The van der Waals surface area contributed by atoms with Gasteiger partial charge in [0.2, 0.25) is 0 Å². The van der Waals surface area contributed by atoms with Crippen LogP contribution in [0, 0.1) is 5.82 Å². The molecule has 0 saturated carbocycles. The van der Waals surface area contributed by atoms with Gasteiger partial charge in [0, 0.05) is 35.3 Å². The molecule has 0 aliphatic heterocycles. The molecule has 0 atom stereocenters. The molecule has 0 radical (unpaired) electrons. The second-order valence-electron chi connectivity index (χ2n) is 7.56. The lowest BCUT2D eigenvalue weighted by atomic mass is 9.85. The minimum atomic E-state index is -0.266. The molecule has 2 heterocycles. The minimum Gasteiger partial charge on any atom is -0.392 e. The summed E-state index contributed by atoms with van der Waals surface area (Å²) in [4.78, 5) is 8.24. The van der Waals surface area contributed by atoms with Crippen LogP contribution in [0.1, 0.15) is 67.7 Å². The van der Waals surface area contributed by atoms with E-state index in [0.717, 1.165) is 39.3 Å². The molecule has 0 saturated heterocycles. The molecule has 3 nitrogen and oxygen atoms in total. The third kappa shape index (κ3) is 3.96. The Bertz CT molecular complexity index is 897. The van der Waals surface area contributed by atoms with Crippen molar-refractivity contribution < 1.29 is 9.50 Å². The van der Waals surface area contributed by atoms with Crippen molar-refractivity contribution in [3.8, 4) is 11.1 Å². The zero-order chi connectivity index (χ0) is 19.6. The van der Waals surface area contributed by atoms with E-state index in [-0.39, 0.29) is 24.3 Å². The van der Waals surface area contributed by atoms with Gasteiger partial charge in [-0.05, 0) is 52.8 Å². The first-order valence-electron chi connectivity index (χ1n) is 9.47. The zero-order valence-electron chi connectivity index (χ0n) is 16.4. The van der Waals surface area contributed by atoms with Crippen LogP contribution in [0.5, 0.6) is 0 Å². The van der Waals surface area contributed by atoms with E-state index in [9.17, 15) is 9.50 Å². The first kappa shape index (κ1) is 19.3. The molecule has 0 aliphatic rings. The van der Waals surface area contributed by atoms with Crippen molar-refractivity contribution in [3.05, 3.63) is 76.6 Å². The van der Waals surface area contributed by atoms with Crippen LogP contribution in [0.25, 0.3) is 11.1 Å². The molecule has 4 heteroatoms. The topological polar surface area (TPSA) is 48.9 Å². The highest BCUT2D eigenvalue weighted by atomic mass is 19.1. The fourth-order valence-electron chi connectivity index (χ4n) is 3.63. The van der Waals surface area contributed by atoms with Gasteiger partial charge >= 0.3 is 0 Å². The Labute approximate surface area is 160 Å². The summed E-state index contributed by atoms with van der Waals surface area (Å²) < 4.78 is 13.5. The quantitative estimate of drug-likeness (QED) is 0.601. The number of hydrogen-bond acceptors (Lipinski definition) is 2. The average molecular weight is 366 g/mol. The SMILES string of the molecule is CC(C)c1nc(C(C)C)c(Cc2ccc[nH]2)c(-c2ccc(F)cc2)c1CO. The summed E-state index contributed by atoms with van der Waals surface area (Å²) in [5, 5.41) is 10.2. The van der Waals surface area contributed by atoms with E-state index in [1.54, 1.807) is 12.1 Å². The standard InChI is InChI=1S/C23H27FN2O/c1-14(2)22-19(12-18-6-5-11-25-18)21(16-7-9-17(24)10-8-16)20(13-27)23(26-22)15(3)4/h5-11,14-15,25,27H,12-13H2,1-4H3. The van der Waals surface area contributed by atoms with E-state index in [1.165, 1.54) is 12.1 Å². The predicted molar refractivity (Wildman–Crippen MR) is 107 cm³/mol. The first-order chi connectivity index (χ1) is 12.9. The third-order valence-corrected chi connectivity index (χ3v) is 4.88. The number of aliphatic hydroxyl groups excluding tert-OH is 1. The Kier molecular flexibility index (Phi) is 5.76. The highest BCUT2D eigenvalue weighted by Crippen LogP contribution is 2.37. The van der Waals surface area contributed by atoms with E-state index in [4.69, 9.17) is 4.98 Å². The Balaban J connectivity index is 2.34. The molecule has 2 aromatic heterocycles. The van der Waals surface area contributed by atoms with Gasteiger partial charge < -0.3 is 10.1 Å². The molecule has 0 unspecified atom stereocenters. The van der Waals surface area contributed by atoms with Crippen LogP contribution in [0.15, 0.2) is 42.6 Å². The van der Waals surface area contributed by atoms with Crippen molar-refractivity contribution >= 4 is 0 Å². The Morgan fingerprint density at radius 2 is 1.59 bits per heavy atom. The summed E-state index contributed by atoms with van der Waals surface area (Å²) in [6.07, 6.45) is 2.59. The average Bonchev–Trinajstić information content (AvgIpc) is 3.14. The highest BCUT2D eigenvalue weighted by molar-refractivity contribution is 5.73. The van der Waals surface area contributed by atoms with E-state index in [0.29, 0.717) is 6.42 Å². The molecule has 3 rings (SSSR count). The monoisotopic (exact) mass is 366 g/mol. The van der Waals surface area contributed by atoms with Crippen LogP contribution in [0.2, 0.25) is 0 Å². The van der Waals surface area contributed by atoms with Crippen LogP contribution in [0.3, 0.4) is 0 Å². The largest absolute Gasteiger partial charge is 0.392 e. The predicted octanol–water partition coefficient (Wildman–Crippen LogP) is 5.55.